The summed E-state index contributed by atoms with van der Waals surface area (Å²) in [5, 5.41) is 17.4. The van der Waals surface area contributed by atoms with Gasteiger partial charge < -0.3 is 20.7 Å². The topological polar surface area (TPSA) is 90.0 Å². The molecule has 0 unspecified atom stereocenters. The fraction of sp³-hybridized carbons (Fsp3) is 0.130. The molecule has 0 spiro atoms. The second-order valence-corrected chi connectivity index (χ2v) is 7.24. The zero-order chi connectivity index (χ0) is 19.8. The molecule has 2 aromatic carbocycles. The number of benzene rings is 2. The number of phenolic OH excluding ortho intramolecular Hbond substituents is 1. The summed E-state index contributed by atoms with van der Waals surface area (Å²) in [7, 11) is 0. The number of carbonyl (C=O) groups is 1. The molecule has 6 nitrogen and oxygen atoms in total. The summed E-state index contributed by atoms with van der Waals surface area (Å²) < 4.78 is 0. The Morgan fingerprint density at radius 2 is 1.87 bits per heavy atom. The van der Waals surface area contributed by atoms with E-state index in [9.17, 15) is 9.90 Å². The fourth-order valence-corrected chi connectivity index (χ4v) is 3.85. The molecule has 160 valence electrons. The molecule has 4 N–H and O–H groups in total. The summed E-state index contributed by atoms with van der Waals surface area (Å²) in [5.74, 6) is 0.00466. The second-order valence-electron chi connectivity index (χ2n) is 7.24. The van der Waals surface area contributed by atoms with Crippen LogP contribution in [0.3, 0.4) is 0 Å². The number of hydrogen-bond acceptors (Lipinski definition) is 4. The number of aromatic hydroxyl groups is 1. The zero-order valence-corrected chi connectivity index (χ0v) is 18.1. The number of amides is 1. The minimum absolute atomic E-state index is 0. The van der Waals surface area contributed by atoms with E-state index in [4.69, 9.17) is 0 Å². The maximum atomic E-state index is 12.3. The smallest absolute Gasteiger partial charge is 0.252 e. The molecule has 1 aliphatic rings. The summed E-state index contributed by atoms with van der Waals surface area (Å²) >= 11 is 0. The number of pyridine rings is 1. The highest BCUT2D eigenvalue weighted by Gasteiger charge is 2.26. The summed E-state index contributed by atoms with van der Waals surface area (Å²) in [6.45, 7) is 1.88. The standard InChI is InChI=1S/C23H20N4O2.2ClH/c28-21-6-4-17(22-18(21)13-26-23(22)29)20-9-16-8-14(3-5-19(16)27-20)10-25-12-15-2-1-7-24-11-15;;/h1-9,11,25,27-28H,10,12-13H2,(H,26,29);2*1H. The Labute approximate surface area is 191 Å². The van der Waals surface area contributed by atoms with Crippen LogP contribution in [0.15, 0.2) is 60.9 Å². The normalized spacial score (nSPS) is 12.1. The third kappa shape index (κ3) is 4.37. The molecule has 0 saturated carbocycles. The van der Waals surface area contributed by atoms with Crippen LogP contribution >= 0.6 is 24.8 Å². The lowest BCUT2D eigenvalue weighted by Crippen LogP contribution is -2.13. The lowest BCUT2D eigenvalue weighted by molar-refractivity contribution is 0.0966. The van der Waals surface area contributed by atoms with E-state index in [1.165, 1.54) is 5.56 Å². The molecule has 5 rings (SSSR count). The number of fused-ring (bicyclic) bond motifs is 2. The molecule has 2 aromatic heterocycles. The second kappa shape index (κ2) is 9.39. The highest BCUT2D eigenvalue weighted by atomic mass is 35.5. The Balaban J connectivity index is 0.00000136. The van der Waals surface area contributed by atoms with Gasteiger partial charge in [-0.25, -0.2) is 0 Å². The minimum atomic E-state index is -0.148. The first-order chi connectivity index (χ1) is 14.2. The van der Waals surface area contributed by atoms with Gasteiger partial charge >= 0.3 is 0 Å². The van der Waals surface area contributed by atoms with Crippen LogP contribution in [-0.2, 0) is 19.6 Å². The van der Waals surface area contributed by atoms with Crippen LogP contribution in [0.5, 0.6) is 5.75 Å². The van der Waals surface area contributed by atoms with Crippen LogP contribution < -0.4 is 10.6 Å². The number of nitrogens with zero attached hydrogens (tertiary/aromatic N) is 1. The molecule has 1 amide bonds. The maximum Gasteiger partial charge on any atom is 0.252 e. The highest BCUT2D eigenvalue weighted by Crippen LogP contribution is 2.35. The quantitative estimate of drug-likeness (QED) is 0.360. The van der Waals surface area contributed by atoms with Crippen LogP contribution in [0.4, 0.5) is 0 Å². The number of aromatic nitrogens is 2. The Hall–Kier alpha value is -3.06. The number of H-pyrrole nitrogens is 1. The third-order valence-electron chi connectivity index (χ3n) is 5.30. The van der Waals surface area contributed by atoms with Crippen molar-refractivity contribution >= 4 is 41.6 Å². The molecule has 0 bridgehead atoms. The van der Waals surface area contributed by atoms with Gasteiger partial charge in [-0.1, -0.05) is 12.1 Å². The van der Waals surface area contributed by atoms with Gasteiger partial charge in [0.15, 0.2) is 0 Å². The number of phenols is 1. The molecule has 0 radical (unpaired) electrons. The molecule has 4 aromatic rings. The lowest BCUT2D eigenvalue weighted by Gasteiger charge is -2.06. The van der Waals surface area contributed by atoms with E-state index in [-0.39, 0.29) is 36.5 Å². The van der Waals surface area contributed by atoms with E-state index in [1.54, 1.807) is 18.3 Å². The van der Waals surface area contributed by atoms with Crippen molar-refractivity contribution in [3.05, 3.63) is 83.2 Å². The number of halogens is 2. The Bertz CT molecular complexity index is 1230. The number of aromatic amines is 1. The van der Waals surface area contributed by atoms with Gasteiger partial charge in [0, 0.05) is 59.8 Å². The van der Waals surface area contributed by atoms with E-state index in [0.717, 1.165) is 40.8 Å². The highest BCUT2D eigenvalue weighted by molar-refractivity contribution is 6.05. The van der Waals surface area contributed by atoms with Crippen molar-refractivity contribution in [2.45, 2.75) is 19.6 Å². The first kappa shape index (κ1) is 22.6. The molecule has 0 saturated heterocycles. The van der Waals surface area contributed by atoms with Crippen molar-refractivity contribution in [2.75, 3.05) is 0 Å². The van der Waals surface area contributed by atoms with Crippen molar-refractivity contribution in [1.82, 2.24) is 20.6 Å². The van der Waals surface area contributed by atoms with Crippen LogP contribution in [-0.4, -0.2) is 21.0 Å². The third-order valence-corrected chi connectivity index (χ3v) is 5.30. The Kier molecular flexibility index (Phi) is 6.85. The van der Waals surface area contributed by atoms with Gasteiger partial charge in [0.2, 0.25) is 0 Å². The van der Waals surface area contributed by atoms with Gasteiger partial charge in [-0.05, 0) is 47.5 Å². The zero-order valence-electron chi connectivity index (χ0n) is 16.5. The van der Waals surface area contributed by atoms with E-state index in [2.05, 4.69) is 44.9 Å². The van der Waals surface area contributed by atoms with Gasteiger partial charge in [-0.15, -0.1) is 24.8 Å². The molecule has 0 fully saturated rings. The Morgan fingerprint density at radius 1 is 1.03 bits per heavy atom. The average Bonchev–Trinajstić information content (AvgIpc) is 3.33. The maximum absolute atomic E-state index is 12.3. The van der Waals surface area contributed by atoms with E-state index >= 15 is 0 Å². The summed E-state index contributed by atoms with van der Waals surface area (Å²) in [6.07, 6.45) is 3.63. The predicted octanol–water partition coefficient (Wildman–Crippen LogP) is 4.31. The van der Waals surface area contributed by atoms with E-state index < -0.39 is 0 Å². The molecule has 1 aliphatic heterocycles. The molecule has 3 heterocycles. The molecule has 8 heteroatoms. The molecule has 31 heavy (non-hydrogen) atoms. The summed E-state index contributed by atoms with van der Waals surface area (Å²) in [6, 6.07) is 15.8. The van der Waals surface area contributed by atoms with Gasteiger partial charge in [-0.3, -0.25) is 9.78 Å². The largest absolute Gasteiger partial charge is 0.508 e. The van der Waals surface area contributed by atoms with Crippen LogP contribution in [0.1, 0.15) is 27.0 Å². The number of rotatable bonds is 5. The van der Waals surface area contributed by atoms with Crippen molar-refractivity contribution in [2.24, 2.45) is 0 Å². The van der Waals surface area contributed by atoms with Crippen molar-refractivity contribution in [3.8, 4) is 17.0 Å². The number of nitrogens with one attached hydrogen (secondary N) is 3. The van der Waals surface area contributed by atoms with Crippen LogP contribution in [0.2, 0.25) is 0 Å². The van der Waals surface area contributed by atoms with Crippen LogP contribution in [0.25, 0.3) is 22.2 Å². The molecule has 0 atom stereocenters. The number of hydrogen-bond donors (Lipinski definition) is 4. The fourth-order valence-electron chi connectivity index (χ4n) is 3.85. The van der Waals surface area contributed by atoms with Crippen LogP contribution in [0, 0.1) is 0 Å². The average molecular weight is 457 g/mol. The monoisotopic (exact) mass is 456 g/mol. The van der Waals surface area contributed by atoms with Gasteiger partial charge in [0.25, 0.3) is 5.91 Å². The van der Waals surface area contributed by atoms with Crippen molar-refractivity contribution in [1.29, 1.82) is 0 Å². The predicted molar refractivity (Wildman–Crippen MR) is 126 cm³/mol. The first-order valence-electron chi connectivity index (χ1n) is 9.54. The van der Waals surface area contributed by atoms with Gasteiger partial charge in [0.05, 0.1) is 5.56 Å². The number of carbonyl (C=O) groups excluding carboxylic acids is 1. The van der Waals surface area contributed by atoms with Gasteiger partial charge in [0.1, 0.15) is 5.75 Å². The van der Waals surface area contributed by atoms with E-state index in [1.807, 2.05) is 18.3 Å². The van der Waals surface area contributed by atoms with Crippen molar-refractivity contribution < 1.29 is 9.90 Å². The SMILES string of the molecule is Cl.Cl.O=C1NCc2c(O)ccc(-c3cc4cc(CNCc5cccnc5)ccc4[nH]3)c21. The summed E-state index contributed by atoms with van der Waals surface area (Å²) in [4.78, 5) is 19.8. The molecular weight excluding hydrogens is 435 g/mol. The molecular formula is C23H22Cl2N4O2. The lowest BCUT2D eigenvalue weighted by atomic mass is 9.99. The van der Waals surface area contributed by atoms with E-state index in [0.29, 0.717) is 17.7 Å². The Morgan fingerprint density at radius 3 is 2.68 bits per heavy atom. The molecule has 0 aliphatic carbocycles. The van der Waals surface area contributed by atoms with Crippen molar-refractivity contribution in [3.63, 3.8) is 0 Å². The summed E-state index contributed by atoms with van der Waals surface area (Å²) in [5.41, 5.74) is 6.23. The first-order valence-corrected chi connectivity index (χ1v) is 9.54. The minimum Gasteiger partial charge on any atom is -0.508 e. The van der Waals surface area contributed by atoms with Gasteiger partial charge in [-0.2, -0.15) is 0 Å².